The molecule has 1 aliphatic rings. The van der Waals surface area contributed by atoms with Crippen LogP contribution >= 0.6 is 23.5 Å². The van der Waals surface area contributed by atoms with Crippen LogP contribution in [-0.2, 0) is 9.47 Å². The van der Waals surface area contributed by atoms with E-state index in [1.54, 1.807) is 0 Å². The number of rotatable bonds is 3. The lowest BCUT2D eigenvalue weighted by molar-refractivity contribution is -0.510. The molecule has 2 aromatic heterocycles. The Morgan fingerprint density at radius 2 is 1.67 bits per heavy atom. The normalized spacial score (nSPS) is 18.9. The van der Waals surface area contributed by atoms with Crippen LogP contribution in [-0.4, -0.2) is 55.9 Å². The van der Waals surface area contributed by atoms with Crippen molar-refractivity contribution in [2.45, 2.75) is 6.10 Å². The molecule has 0 radical (unpaired) electrons. The first-order valence-corrected chi connectivity index (χ1v) is 14.9. The highest BCUT2D eigenvalue weighted by Crippen LogP contribution is 2.30. The summed E-state index contributed by atoms with van der Waals surface area (Å²) < 4.78 is 14.6. The predicted molar refractivity (Wildman–Crippen MR) is 154 cm³/mol. The molecule has 1 saturated heterocycles. The Kier molecular flexibility index (Phi) is 9.38. The molecular formula is C29H34N3O2S2+. The standard InChI is InChI=1S/C29H33N3O2S2/c1-2-7-28(31-25-9-8-23-21-32-12-4-3-5-26(32)20-24(23)19-25)27(6-1)29-22-33-13-17-35-15-10-30-11-16-36-18-14-34-29/h1-9,12,19-21,29-30H,10-11,13-18,22H2/p+1. The summed E-state index contributed by atoms with van der Waals surface area (Å²) in [5, 5.41) is 9.59. The summed E-state index contributed by atoms with van der Waals surface area (Å²) >= 11 is 3.88. The highest BCUT2D eigenvalue weighted by molar-refractivity contribution is 7.99. The smallest absolute Gasteiger partial charge is 0.211 e. The lowest BCUT2D eigenvalue weighted by Gasteiger charge is -2.22. The molecule has 36 heavy (non-hydrogen) atoms. The summed E-state index contributed by atoms with van der Waals surface area (Å²) in [6, 6.07) is 23.5. The molecule has 1 unspecified atom stereocenters. The van der Waals surface area contributed by atoms with Gasteiger partial charge < -0.3 is 20.1 Å². The number of ether oxygens (including phenoxy) is 2. The molecule has 3 heterocycles. The number of fused-ring (bicyclic) bond motifs is 2. The van der Waals surface area contributed by atoms with E-state index in [1.807, 2.05) is 23.5 Å². The first kappa shape index (κ1) is 25.4. The first-order valence-electron chi connectivity index (χ1n) is 12.6. The highest BCUT2D eigenvalue weighted by atomic mass is 32.2. The fourth-order valence-electron chi connectivity index (χ4n) is 4.36. The SMILES string of the molecule is c1ccc(C2COCCSCCNCCSCCO2)c(Nc2ccc3c[n+]4ccccc4cc3c2)c1. The summed E-state index contributed by atoms with van der Waals surface area (Å²) in [5.41, 5.74) is 4.43. The van der Waals surface area contributed by atoms with Crippen molar-refractivity contribution in [1.29, 1.82) is 0 Å². The topological polar surface area (TPSA) is 46.6 Å². The van der Waals surface area contributed by atoms with Crippen LogP contribution in [0.2, 0.25) is 0 Å². The van der Waals surface area contributed by atoms with Gasteiger partial charge >= 0.3 is 0 Å². The molecule has 5 rings (SSSR count). The monoisotopic (exact) mass is 520 g/mol. The lowest BCUT2D eigenvalue weighted by Crippen LogP contribution is -2.20. The maximum atomic E-state index is 6.39. The number of thioether (sulfide) groups is 2. The summed E-state index contributed by atoms with van der Waals surface area (Å²) in [4.78, 5) is 0. The second-order valence-corrected chi connectivity index (χ2v) is 11.2. The van der Waals surface area contributed by atoms with Crippen molar-refractivity contribution >= 4 is 51.2 Å². The van der Waals surface area contributed by atoms with E-state index in [0.29, 0.717) is 13.2 Å². The zero-order valence-electron chi connectivity index (χ0n) is 20.5. The molecule has 4 aromatic rings. The van der Waals surface area contributed by atoms with Crippen LogP contribution in [0, 0.1) is 0 Å². The van der Waals surface area contributed by atoms with Crippen molar-refractivity contribution in [2.24, 2.45) is 0 Å². The quantitative estimate of drug-likeness (QED) is 0.276. The Morgan fingerprint density at radius 3 is 2.58 bits per heavy atom. The molecule has 2 aromatic carbocycles. The van der Waals surface area contributed by atoms with Gasteiger partial charge in [0.25, 0.3) is 0 Å². The van der Waals surface area contributed by atoms with Gasteiger partial charge in [-0.2, -0.15) is 27.9 Å². The molecule has 7 heteroatoms. The number of anilines is 2. The minimum absolute atomic E-state index is 0.108. The number of benzene rings is 2. The molecule has 1 atom stereocenters. The van der Waals surface area contributed by atoms with Gasteiger partial charge in [0.05, 0.1) is 19.8 Å². The van der Waals surface area contributed by atoms with E-state index in [1.165, 1.54) is 16.3 Å². The number of pyridine rings is 2. The minimum atomic E-state index is -0.108. The van der Waals surface area contributed by atoms with Crippen molar-refractivity contribution in [2.75, 3.05) is 61.2 Å². The molecule has 188 valence electrons. The van der Waals surface area contributed by atoms with E-state index in [-0.39, 0.29) is 6.10 Å². The molecule has 0 aliphatic carbocycles. The van der Waals surface area contributed by atoms with Gasteiger partial charge in [0.15, 0.2) is 12.4 Å². The Hall–Kier alpha value is -2.29. The molecule has 1 fully saturated rings. The molecular weight excluding hydrogens is 486 g/mol. The van der Waals surface area contributed by atoms with Crippen LogP contribution in [0.5, 0.6) is 0 Å². The van der Waals surface area contributed by atoms with Crippen molar-refractivity contribution in [3.63, 3.8) is 0 Å². The summed E-state index contributed by atoms with van der Waals surface area (Å²) in [6.45, 7) is 4.13. The third-order valence-electron chi connectivity index (χ3n) is 6.21. The van der Waals surface area contributed by atoms with Crippen LogP contribution in [0.15, 0.2) is 79.1 Å². The van der Waals surface area contributed by atoms with E-state index in [4.69, 9.17) is 9.47 Å². The van der Waals surface area contributed by atoms with E-state index < -0.39 is 0 Å². The first-order chi connectivity index (χ1) is 17.9. The van der Waals surface area contributed by atoms with Gasteiger partial charge in [-0.3, -0.25) is 0 Å². The van der Waals surface area contributed by atoms with Crippen LogP contribution in [0.1, 0.15) is 11.7 Å². The van der Waals surface area contributed by atoms with Gasteiger partial charge in [-0.1, -0.05) is 18.2 Å². The number of hydrogen-bond acceptors (Lipinski definition) is 6. The van der Waals surface area contributed by atoms with Gasteiger partial charge in [-0.15, -0.1) is 0 Å². The zero-order valence-corrected chi connectivity index (χ0v) is 22.2. The Morgan fingerprint density at radius 1 is 0.833 bits per heavy atom. The van der Waals surface area contributed by atoms with Gasteiger partial charge in [0.1, 0.15) is 6.10 Å². The van der Waals surface area contributed by atoms with Crippen LogP contribution < -0.4 is 15.0 Å². The molecule has 0 amide bonds. The largest absolute Gasteiger partial charge is 0.378 e. The van der Waals surface area contributed by atoms with Crippen molar-refractivity contribution < 1.29 is 13.9 Å². The fraction of sp³-hybridized carbons (Fsp3) is 0.345. The average molecular weight is 521 g/mol. The van der Waals surface area contributed by atoms with Crippen molar-refractivity contribution in [3.05, 3.63) is 84.7 Å². The summed E-state index contributed by atoms with van der Waals surface area (Å²) in [5.74, 6) is 4.23. The van der Waals surface area contributed by atoms with Crippen molar-refractivity contribution in [1.82, 2.24) is 5.32 Å². The van der Waals surface area contributed by atoms with E-state index >= 15 is 0 Å². The van der Waals surface area contributed by atoms with Crippen LogP contribution in [0.3, 0.4) is 0 Å². The molecule has 0 spiro atoms. The summed E-state index contributed by atoms with van der Waals surface area (Å²) in [7, 11) is 0. The van der Waals surface area contributed by atoms with Gasteiger partial charge in [0, 0.05) is 76.6 Å². The maximum absolute atomic E-state index is 6.39. The maximum Gasteiger partial charge on any atom is 0.211 e. The zero-order chi connectivity index (χ0) is 24.4. The van der Waals surface area contributed by atoms with E-state index in [2.05, 4.69) is 94.2 Å². The molecule has 0 saturated carbocycles. The Bertz CT molecular complexity index is 1250. The highest BCUT2D eigenvalue weighted by Gasteiger charge is 2.17. The molecule has 1 aliphatic heterocycles. The lowest BCUT2D eigenvalue weighted by atomic mass is 10.1. The van der Waals surface area contributed by atoms with Crippen LogP contribution in [0.4, 0.5) is 11.4 Å². The second-order valence-electron chi connectivity index (χ2n) is 8.77. The fourth-order valence-corrected chi connectivity index (χ4v) is 5.80. The van der Waals surface area contributed by atoms with Gasteiger partial charge in [-0.05, 0) is 35.7 Å². The molecule has 0 bridgehead atoms. The van der Waals surface area contributed by atoms with Gasteiger partial charge in [0.2, 0.25) is 5.52 Å². The summed E-state index contributed by atoms with van der Waals surface area (Å²) in [6.07, 6.45) is 4.15. The number of aromatic nitrogens is 1. The number of nitrogens with one attached hydrogen (secondary N) is 2. The third kappa shape index (κ3) is 6.93. The van der Waals surface area contributed by atoms with Crippen LogP contribution in [0.25, 0.3) is 16.3 Å². The Balaban J connectivity index is 1.34. The van der Waals surface area contributed by atoms with E-state index in [9.17, 15) is 0 Å². The number of hydrogen-bond donors (Lipinski definition) is 2. The van der Waals surface area contributed by atoms with E-state index in [0.717, 1.165) is 59.6 Å². The molecule has 5 nitrogen and oxygen atoms in total. The second kappa shape index (κ2) is 13.3. The van der Waals surface area contributed by atoms with Gasteiger partial charge in [-0.25, -0.2) is 0 Å². The van der Waals surface area contributed by atoms with Crippen molar-refractivity contribution in [3.8, 4) is 0 Å². The number of nitrogens with zero attached hydrogens (tertiary/aromatic N) is 1. The third-order valence-corrected chi connectivity index (χ3v) is 8.11. The number of para-hydroxylation sites is 1. The minimum Gasteiger partial charge on any atom is -0.378 e. The Labute approximate surface area is 222 Å². The average Bonchev–Trinajstić information content (AvgIpc) is 2.92. The molecule has 2 N–H and O–H groups in total. The predicted octanol–water partition coefficient (Wildman–Crippen LogP) is 5.47.